The fourth-order valence-electron chi connectivity index (χ4n) is 1.75. The fraction of sp³-hybridized carbons (Fsp3) is 0.357. The second-order valence-corrected chi connectivity index (χ2v) is 4.44. The monoisotopic (exact) mass is 230 g/mol. The van der Waals surface area contributed by atoms with Crippen LogP contribution in [0.2, 0.25) is 0 Å². The molecule has 2 rings (SSSR count). The van der Waals surface area contributed by atoms with E-state index in [1.807, 2.05) is 32.4 Å². The van der Waals surface area contributed by atoms with Crippen LogP contribution in [-0.2, 0) is 0 Å². The van der Waals surface area contributed by atoms with E-state index in [4.69, 9.17) is 4.74 Å². The molecule has 0 amide bonds. The molecule has 1 heterocycles. The van der Waals surface area contributed by atoms with Crippen LogP contribution < -0.4 is 4.74 Å². The van der Waals surface area contributed by atoms with Crippen molar-refractivity contribution in [1.82, 2.24) is 9.88 Å². The molecule has 90 valence electrons. The molecule has 0 saturated carbocycles. The van der Waals surface area contributed by atoms with Crippen molar-refractivity contribution in [3.05, 3.63) is 36.0 Å². The van der Waals surface area contributed by atoms with E-state index < -0.39 is 0 Å². The fourth-order valence-corrected chi connectivity index (χ4v) is 1.75. The smallest absolute Gasteiger partial charge is 0.221 e. The van der Waals surface area contributed by atoms with Crippen LogP contribution in [0, 0.1) is 6.92 Å². The molecule has 1 aromatic heterocycles. The van der Waals surface area contributed by atoms with Crippen LogP contribution in [0.25, 0.3) is 10.8 Å². The first-order valence-electron chi connectivity index (χ1n) is 5.80. The minimum atomic E-state index is 0.660. The molecule has 0 N–H and O–H groups in total. The van der Waals surface area contributed by atoms with Gasteiger partial charge in [-0.25, -0.2) is 4.98 Å². The third-order valence-electron chi connectivity index (χ3n) is 2.74. The summed E-state index contributed by atoms with van der Waals surface area (Å²) >= 11 is 0. The minimum Gasteiger partial charge on any atom is -0.476 e. The number of likely N-dealkylation sites (N-methyl/N-ethyl adjacent to an activating group) is 1. The van der Waals surface area contributed by atoms with Gasteiger partial charge >= 0.3 is 0 Å². The third-order valence-corrected chi connectivity index (χ3v) is 2.74. The highest BCUT2D eigenvalue weighted by Gasteiger charge is 2.05. The lowest BCUT2D eigenvalue weighted by atomic mass is 10.1. The molecule has 1 aromatic carbocycles. The molecule has 0 aliphatic rings. The molecule has 0 radical (unpaired) electrons. The Labute approximate surface area is 102 Å². The topological polar surface area (TPSA) is 25.4 Å². The Bertz CT molecular complexity index is 509. The lowest BCUT2D eigenvalue weighted by Crippen LogP contribution is -2.19. The van der Waals surface area contributed by atoms with Gasteiger partial charge in [-0.1, -0.05) is 18.2 Å². The summed E-state index contributed by atoms with van der Waals surface area (Å²) in [4.78, 5) is 6.46. The van der Waals surface area contributed by atoms with Crippen molar-refractivity contribution in [2.75, 3.05) is 27.2 Å². The third kappa shape index (κ3) is 2.74. The maximum Gasteiger partial charge on any atom is 0.221 e. The molecule has 0 bridgehead atoms. The maximum absolute atomic E-state index is 5.73. The number of hydrogen-bond donors (Lipinski definition) is 0. The van der Waals surface area contributed by atoms with Crippen LogP contribution in [0.15, 0.2) is 30.5 Å². The number of pyridine rings is 1. The van der Waals surface area contributed by atoms with Gasteiger partial charge in [-0.2, -0.15) is 0 Å². The minimum absolute atomic E-state index is 0.660. The summed E-state index contributed by atoms with van der Waals surface area (Å²) in [6, 6.07) is 8.21. The largest absolute Gasteiger partial charge is 0.476 e. The SMILES string of the molecule is Cc1cnc(OCCN(C)C)c2ccccc12. The number of nitrogens with zero attached hydrogens (tertiary/aromatic N) is 2. The Morgan fingerprint density at radius 1 is 1.18 bits per heavy atom. The summed E-state index contributed by atoms with van der Waals surface area (Å²) in [6.45, 7) is 3.62. The van der Waals surface area contributed by atoms with Crippen LogP contribution >= 0.6 is 0 Å². The van der Waals surface area contributed by atoms with Gasteiger partial charge in [0.2, 0.25) is 5.88 Å². The number of fused-ring (bicyclic) bond motifs is 1. The van der Waals surface area contributed by atoms with Gasteiger partial charge in [0.05, 0.1) is 0 Å². The van der Waals surface area contributed by atoms with E-state index in [1.54, 1.807) is 0 Å². The first kappa shape index (κ1) is 11.9. The molecule has 0 spiro atoms. The molecule has 0 fully saturated rings. The summed E-state index contributed by atoms with van der Waals surface area (Å²) in [5.41, 5.74) is 1.18. The number of rotatable bonds is 4. The summed E-state index contributed by atoms with van der Waals surface area (Å²) in [7, 11) is 4.06. The number of benzene rings is 1. The summed E-state index contributed by atoms with van der Waals surface area (Å²) in [5, 5.41) is 2.30. The summed E-state index contributed by atoms with van der Waals surface area (Å²) in [6.07, 6.45) is 1.87. The molecule has 0 atom stereocenters. The molecule has 0 saturated heterocycles. The Morgan fingerprint density at radius 2 is 1.88 bits per heavy atom. The van der Waals surface area contributed by atoms with Crippen LogP contribution in [-0.4, -0.2) is 37.1 Å². The van der Waals surface area contributed by atoms with E-state index in [0.29, 0.717) is 6.61 Å². The molecule has 3 nitrogen and oxygen atoms in total. The number of ether oxygens (including phenoxy) is 1. The van der Waals surface area contributed by atoms with Crippen LogP contribution in [0.4, 0.5) is 0 Å². The summed E-state index contributed by atoms with van der Waals surface area (Å²) < 4.78 is 5.73. The highest BCUT2D eigenvalue weighted by molar-refractivity contribution is 5.89. The highest BCUT2D eigenvalue weighted by Crippen LogP contribution is 2.25. The predicted molar refractivity (Wildman–Crippen MR) is 70.5 cm³/mol. The van der Waals surface area contributed by atoms with Crippen LogP contribution in [0.5, 0.6) is 5.88 Å². The molecule has 0 unspecified atom stereocenters. The van der Waals surface area contributed by atoms with Crippen molar-refractivity contribution in [3.63, 3.8) is 0 Å². The highest BCUT2D eigenvalue weighted by atomic mass is 16.5. The van der Waals surface area contributed by atoms with Crippen molar-refractivity contribution in [2.45, 2.75) is 6.92 Å². The lowest BCUT2D eigenvalue weighted by molar-refractivity contribution is 0.256. The van der Waals surface area contributed by atoms with Crippen molar-refractivity contribution in [1.29, 1.82) is 0 Å². The first-order chi connectivity index (χ1) is 8.18. The van der Waals surface area contributed by atoms with Gasteiger partial charge in [0.1, 0.15) is 6.61 Å². The van der Waals surface area contributed by atoms with E-state index in [1.165, 1.54) is 10.9 Å². The van der Waals surface area contributed by atoms with Gasteiger partial charge in [-0.15, -0.1) is 0 Å². The van der Waals surface area contributed by atoms with E-state index in [-0.39, 0.29) is 0 Å². The van der Waals surface area contributed by atoms with Crippen LogP contribution in [0.1, 0.15) is 5.56 Å². The Hall–Kier alpha value is -1.61. The Morgan fingerprint density at radius 3 is 2.59 bits per heavy atom. The zero-order valence-corrected chi connectivity index (χ0v) is 10.6. The maximum atomic E-state index is 5.73. The number of hydrogen-bond acceptors (Lipinski definition) is 3. The quantitative estimate of drug-likeness (QED) is 0.807. The second kappa shape index (κ2) is 5.15. The number of aromatic nitrogens is 1. The number of aryl methyl sites for hydroxylation is 1. The molecule has 0 aliphatic heterocycles. The molecular weight excluding hydrogens is 212 g/mol. The molecule has 0 aliphatic carbocycles. The Balaban J connectivity index is 2.26. The van der Waals surface area contributed by atoms with Gasteiger partial charge in [0.15, 0.2) is 0 Å². The van der Waals surface area contributed by atoms with E-state index >= 15 is 0 Å². The zero-order chi connectivity index (χ0) is 12.3. The molecule has 17 heavy (non-hydrogen) atoms. The standard InChI is InChI=1S/C14H18N2O/c1-11-10-15-14(17-9-8-16(2)3)13-7-5-4-6-12(11)13/h4-7,10H,8-9H2,1-3H3. The van der Waals surface area contributed by atoms with Crippen molar-refractivity contribution in [2.24, 2.45) is 0 Å². The van der Waals surface area contributed by atoms with Crippen LogP contribution in [0.3, 0.4) is 0 Å². The van der Waals surface area contributed by atoms with Gasteiger partial charge in [0.25, 0.3) is 0 Å². The molecular formula is C14H18N2O. The van der Waals surface area contributed by atoms with E-state index in [9.17, 15) is 0 Å². The summed E-state index contributed by atoms with van der Waals surface area (Å²) in [5.74, 6) is 0.730. The van der Waals surface area contributed by atoms with E-state index in [2.05, 4.69) is 28.9 Å². The molecule has 2 aromatic rings. The van der Waals surface area contributed by atoms with Gasteiger partial charge in [-0.3, -0.25) is 0 Å². The Kier molecular flexibility index (Phi) is 3.59. The average Bonchev–Trinajstić information content (AvgIpc) is 2.32. The predicted octanol–water partition coefficient (Wildman–Crippen LogP) is 2.48. The second-order valence-electron chi connectivity index (χ2n) is 4.44. The first-order valence-corrected chi connectivity index (χ1v) is 5.80. The molecule has 3 heteroatoms. The van der Waals surface area contributed by atoms with Crippen molar-refractivity contribution >= 4 is 10.8 Å². The van der Waals surface area contributed by atoms with Gasteiger partial charge in [0, 0.05) is 18.1 Å². The lowest BCUT2D eigenvalue weighted by Gasteiger charge is -2.12. The normalized spacial score (nSPS) is 11.1. The van der Waals surface area contributed by atoms with Crippen molar-refractivity contribution in [3.8, 4) is 5.88 Å². The zero-order valence-electron chi connectivity index (χ0n) is 10.6. The van der Waals surface area contributed by atoms with Crippen molar-refractivity contribution < 1.29 is 4.74 Å². The van der Waals surface area contributed by atoms with Gasteiger partial charge in [-0.05, 0) is 38.0 Å². The van der Waals surface area contributed by atoms with Gasteiger partial charge < -0.3 is 9.64 Å². The van der Waals surface area contributed by atoms with E-state index in [0.717, 1.165) is 17.8 Å². The average molecular weight is 230 g/mol.